The van der Waals surface area contributed by atoms with Crippen LogP contribution >= 0.6 is 27.3 Å². The molecular weight excluding hydrogens is 342 g/mol. The third kappa shape index (κ3) is 2.91. The second kappa shape index (κ2) is 5.48. The summed E-state index contributed by atoms with van der Waals surface area (Å²) in [6, 6.07) is 3.88. The van der Waals surface area contributed by atoms with Gasteiger partial charge < -0.3 is 10.0 Å². The summed E-state index contributed by atoms with van der Waals surface area (Å²) in [4.78, 5) is 26.4. The Morgan fingerprint density at radius 1 is 1.35 bits per heavy atom. The molecule has 0 spiro atoms. The number of halogens is 1. The summed E-state index contributed by atoms with van der Waals surface area (Å²) in [7, 11) is 0. The molecule has 2 fully saturated rings. The zero-order valence-corrected chi connectivity index (χ0v) is 13.3. The minimum Gasteiger partial charge on any atom is -0.481 e. The van der Waals surface area contributed by atoms with Gasteiger partial charge >= 0.3 is 5.97 Å². The Balaban J connectivity index is 1.65. The van der Waals surface area contributed by atoms with Gasteiger partial charge in [-0.25, -0.2) is 0 Å². The minimum atomic E-state index is -0.754. The van der Waals surface area contributed by atoms with Crippen LogP contribution in [0.2, 0.25) is 0 Å². The van der Waals surface area contributed by atoms with E-state index in [4.69, 9.17) is 0 Å². The van der Waals surface area contributed by atoms with Crippen molar-refractivity contribution in [3.05, 3.63) is 20.8 Å². The molecule has 6 heteroatoms. The average molecular weight is 358 g/mol. The lowest BCUT2D eigenvalue weighted by Gasteiger charge is -2.15. The predicted molar refractivity (Wildman–Crippen MR) is 79.6 cm³/mol. The smallest absolute Gasteiger partial charge is 0.308 e. The lowest BCUT2D eigenvalue weighted by molar-refractivity contribution is -0.142. The van der Waals surface area contributed by atoms with Crippen molar-refractivity contribution >= 4 is 39.1 Å². The van der Waals surface area contributed by atoms with Crippen LogP contribution in [0.5, 0.6) is 0 Å². The maximum Gasteiger partial charge on any atom is 0.308 e. The van der Waals surface area contributed by atoms with E-state index in [9.17, 15) is 14.7 Å². The van der Waals surface area contributed by atoms with Gasteiger partial charge in [0, 0.05) is 18.0 Å². The third-order valence-electron chi connectivity index (χ3n) is 4.22. The van der Waals surface area contributed by atoms with Gasteiger partial charge in [0.2, 0.25) is 5.91 Å². The van der Waals surface area contributed by atoms with Crippen molar-refractivity contribution in [3.63, 3.8) is 0 Å². The maximum atomic E-state index is 12.3. The number of carbonyl (C=O) groups is 2. The van der Waals surface area contributed by atoms with E-state index in [0.717, 1.165) is 21.5 Å². The van der Waals surface area contributed by atoms with Crippen LogP contribution in [-0.2, 0) is 16.0 Å². The maximum absolute atomic E-state index is 12.3. The molecule has 0 aromatic carbocycles. The Hall–Kier alpha value is -0.880. The highest BCUT2D eigenvalue weighted by atomic mass is 79.9. The number of hydrogen-bond acceptors (Lipinski definition) is 3. The molecule has 1 N–H and O–H groups in total. The summed E-state index contributed by atoms with van der Waals surface area (Å²) in [5.74, 6) is -0.400. The number of carboxylic acid groups (broad SMARTS) is 1. The van der Waals surface area contributed by atoms with E-state index >= 15 is 0 Å². The zero-order valence-electron chi connectivity index (χ0n) is 10.9. The van der Waals surface area contributed by atoms with E-state index in [1.165, 1.54) is 0 Å². The van der Waals surface area contributed by atoms with E-state index in [2.05, 4.69) is 15.9 Å². The Morgan fingerprint density at radius 2 is 2.10 bits per heavy atom. The van der Waals surface area contributed by atoms with Gasteiger partial charge in [-0.2, -0.15) is 0 Å². The summed E-state index contributed by atoms with van der Waals surface area (Å²) in [6.07, 6.45) is 2.61. The molecule has 1 aromatic heterocycles. The van der Waals surface area contributed by atoms with Gasteiger partial charge in [-0.1, -0.05) is 0 Å². The molecule has 4 nitrogen and oxygen atoms in total. The fourth-order valence-electron chi connectivity index (χ4n) is 3.00. The van der Waals surface area contributed by atoms with Crippen LogP contribution in [0.15, 0.2) is 15.9 Å². The number of aliphatic carboxylic acids is 1. The SMILES string of the molecule is O=C(O)[C@H]1CN(C(=O)Cc2ccc(Br)s2)C[C@@H]1C1CC1. The Kier molecular flexibility index (Phi) is 3.86. The second-order valence-electron chi connectivity index (χ2n) is 5.63. The van der Waals surface area contributed by atoms with Crippen LogP contribution < -0.4 is 0 Å². The topological polar surface area (TPSA) is 57.6 Å². The molecule has 1 aliphatic heterocycles. The van der Waals surface area contributed by atoms with E-state index in [-0.39, 0.29) is 17.7 Å². The molecule has 1 saturated carbocycles. The number of amides is 1. The molecule has 2 aliphatic rings. The van der Waals surface area contributed by atoms with Crippen molar-refractivity contribution in [3.8, 4) is 0 Å². The van der Waals surface area contributed by atoms with Crippen LogP contribution in [-0.4, -0.2) is 35.0 Å². The van der Waals surface area contributed by atoms with E-state index in [1.807, 2.05) is 12.1 Å². The number of rotatable bonds is 4. The highest BCUT2D eigenvalue weighted by Crippen LogP contribution is 2.44. The van der Waals surface area contributed by atoms with Gasteiger partial charge in [0.1, 0.15) is 0 Å². The molecule has 0 unspecified atom stereocenters. The Morgan fingerprint density at radius 3 is 2.65 bits per heavy atom. The summed E-state index contributed by atoms with van der Waals surface area (Å²) < 4.78 is 1.01. The van der Waals surface area contributed by atoms with Crippen LogP contribution in [0.4, 0.5) is 0 Å². The van der Waals surface area contributed by atoms with Crippen molar-refractivity contribution in [2.75, 3.05) is 13.1 Å². The molecule has 2 atom stereocenters. The molecule has 1 aliphatic carbocycles. The van der Waals surface area contributed by atoms with E-state index in [1.54, 1.807) is 16.2 Å². The molecule has 0 radical (unpaired) electrons. The minimum absolute atomic E-state index is 0.0498. The molecule has 1 amide bonds. The molecule has 3 rings (SSSR count). The fourth-order valence-corrected chi connectivity index (χ4v) is 4.48. The standard InChI is InChI=1S/C14H16BrNO3S/c15-12-4-3-9(20-12)5-13(17)16-6-10(8-1-2-8)11(7-16)14(18)19/h3-4,8,10-11H,1-2,5-7H2,(H,18,19)/t10-,11+/m1/s1. The Labute approximate surface area is 129 Å². The van der Waals surface area contributed by atoms with Crippen LogP contribution in [0.25, 0.3) is 0 Å². The van der Waals surface area contributed by atoms with E-state index < -0.39 is 5.97 Å². The summed E-state index contributed by atoms with van der Waals surface area (Å²) >= 11 is 4.94. The van der Waals surface area contributed by atoms with Crippen molar-refractivity contribution < 1.29 is 14.7 Å². The lowest BCUT2D eigenvalue weighted by Crippen LogP contribution is -2.31. The first-order valence-corrected chi connectivity index (χ1v) is 8.40. The number of nitrogens with zero attached hydrogens (tertiary/aromatic N) is 1. The number of carbonyl (C=O) groups excluding carboxylic acids is 1. The number of carboxylic acids is 1. The molecule has 20 heavy (non-hydrogen) atoms. The van der Waals surface area contributed by atoms with Crippen molar-refractivity contribution in [1.29, 1.82) is 0 Å². The second-order valence-corrected chi connectivity index (χ2v) is 8.17. The largest absolute Gasteiger partial charge is 0.481 e. The molecule has 1 saturated heterocycles. The van der Waals surface area contributed by atoms with Gasteiger partial charge in [0.25, 0.3) is 0 Å². The monoisotopic (exact) mass is 357 g/mol. The first kappa shape index (κ1) is 14.1. The summed E-state index contributed by atoms with van der Waals surface area (Å²) in [6.45, 7) is 0.995. The average Bonchev–Trinajstić information content (AvgIpc) is 3.00. The lowest BCUT2D eigenvalue weighted by atomic mass is 9.92. The highest BCUT2D eigenvalue weighted by molar-refractivity contribution is 9.11. The van der Waals surface area contributed by atoms with Gasteiger partial charge in [0.15, 0.2) is 0 Å². The van der Waals surface area contributed by atoms with Gasteiger partial charge in [-0.05, 0) is 52.7 Å². The zero-order chi connectivity index (χ0) is 14.3. The first-order chi connectivity index (χ1) is 9.54. The number of thiophene rings is 1. The molecule has 0 bridgehead atoms. The number of hydrogen-bond donors (Lipinski definition) is 1. The van der Waals surface area contributed by atoms with Crippen molar-refractivity contribution in [1.82, 2.24) is 4.90 Å². The third-order valence-corrected chi connectivity index (χ3v) is 5.84. The van der Waals surface area contributed by atoms with Gasteiger partial charge in [-0.3, -0.25) is 9.59 Å². The number of likely N-dealkylation sites (tertiary alicyclic amines) is 1. The normalized spacial score (nSPS) is 25.9. The molecule has 2 heterocycles. The summed E-state index contributed by atoms with van der Waals surface area (Å²) in [5.41, 5.74) is 0. The predicted octanol–water partition coefficient (Wildman–Crippen LogP) is 2.62. The highest BCUT2D eigenvalue weighted by Gasteiger charge is 2.46. The van der Waals surface area contributed by atoms with Crippen molar-refractivity contribution in [2.45, 2.75) is 19.3 Å². The van der Waals surface area contributed by atoms with E-state index in [0.29, 0.717) is 25.4 Å². The Bertz CT molecular complexity index is 540. The van der Waals surface area contributed by atoms with Gasteiger partial charge in [-0.15, -0.1) is 11.3 Å². The van der Waals surface area contributed by atoms with Crippen LogP contribution in [0.1, 0.15) is 17.7 Å². The molecular formula is C14H16BrNO3S. The molecule has 108 valence electrons. The van der Waals surface area contributed by atoms with Crippen LogP contribution in [0, 0.1) is 17.8 Å². The van der Waals surface area contributed by atoms with Crippen LogP contribution in [0.3, 0.4) is 0 Å². The first-order valence-electron chi connectivity index (χ1n) is 6.79. The summed E-state index contributed by atoms with van der Waals surface area (Å²) in [5, 5.41) is 9.31. The van der Waals surface area contributed by atoms with Gasteiger partial charge in [0.05, 0.1) is 16.1 Å². The molecule has 1 aromatic rings. The fraction of sp³-hybridized carbons (Fsp3) is 0.571. The van der Waals surface area contributed by atoms with Crippen molar-refractivity contribution in [2.24, 2.45) is 17.8 Å². The quantitative estimate of drug-likeness (QED) is 0.900.